The average molecular weight is 243 g/mol. The Morgan fingerprint density at radius 2 is 2.20 bits per heavy atom. The van der Waals surface area contributed by atoms with Gasteiger partial charge >= 0.3 is 0 Å². The lowest BCUT2D eigenvalue weighted by Crippen LogP contribution is -2.11. The van der Waals surface area contributed by atoms with Gasteiger partial charge < -0.3 is 5.73 Å². The highest BCUT2D eigenvalue weighted by atomic mass is 35.5. The van der Waals surface area contributed by atoms with E-state index in [1.54, 1.807) is 17.8 Å². The van der Waals surface area contributed by atoms with Crippen molar-refractivity contribution < 1.29 is 0 Å². The molecule has 0 unspecified atom stereocenters. The molecular weight excluding hydrogens is 228 g/mol. The van der Waals surface area contributed by atoms with Crippen LogP contribution in [0.3, 0.4) is 0 Å². The smallest absolute Gasteiger partial charge is 0.124 e. The van der Waals surface area contributed by atoms with E-state index in [2.05, 4.69) is 13.8 Å². The molecular formula is C11H15ClN2S. The molecule has 0 radical (unpaired) electrons. The van der Waals surface area contributed by atoms with E-state index in [0.717, 1.165) is 10.6 Å². The first kappa shape index (κ1) is 12.4. The number of hydrogen-bond acceptors (Lipinski definition) is 2. The SMILES string of the molecule is CC(C)CSc1ccc(C(=N)N)c(Cl)c1. The summed E-state index contributed by atoms with van der Waals surface area (Å²) in [5, 5.41) is 7.86. The molecule has 0 aliphatic carbocycles. The Bertz CT molecular complexity index is 364. The fourth-order valence-corrected chi connectivity index (χ4v) is 2.31. The number of rotatable bonds is 4. The highest BCUT2D eigenvalue weighted by Crippen LogP contribution is 2.26. The lowest BCUT2D eigenvalue weighted by molar-refractivity contribution is 0.750. The summed E-state index contributed by atoms with van der Waals surface area (Å²) in [6.07, 6.45) is 0. The number of thioether (sulfide) groups is 1. The van der Waals surface area contributed by atoms with Crippen LogP contribution in [0.1, 0.15) is 19.4 Å². The third kappa shape index (κ3) is 3.76. The molecule has 1 aromatic rings. The summed E-state index contributed by atoms with van der Waals surface area (Å²) in [5.41, 5.74) is 5.98. The van der Waals surface area contributed by atoms with Crippen molar-refractivity contribution in [1.29, 1.82) is 5.41 Å². The van der Waals surface area contributed by atoms with Gasteiger partial charge in [-0.25, -0.2) is 0 Å². The zero-order valence-electron chi connectivity index (χ0n) is 8.88. The molecule has 82 valence electrons. The molecule has 0 aromatic heterocycles. The highest BCUT2D eigenvalue weighted by molar-refractivity contribution is 7.99. The third-order valence-corrected chi connectivity index (χ3v) is 3.55. The molecule has 1 aromatic carbocycles. The normalized spacial score (nSPS) is 10.7. The number of nitrogens with two attached hydrogens (primary N) is 1. The highest BCUT2D eigenvalue weighted by Gasteiger charge is 2.05. The number of hydrogen-bond donors (Lipinski definition) is 2. The summed E-state index contributed by atoms with van der Waals surface area (Å²) >= 11 is 7.77. The molecule has 0 saturated heterocycles. The number of halogens is 1. The second kappa shape index (κ2) is 5.42. The number of amidine groups is 1. The van der Waals surface area contributed by atoms with Crippen LogP contribution in [-0.2, 0) is 0 Å². The van der Waals surface area contributed by atoms with Gasteiger partial charge in [-0.3, -0.25) is 5.41 Å². The van der Waals surface area contributed by atoms with Crippen LogP contribution in [0, 0.1) is 11.3 Å². The van der Waals surface area contributed by atoms with Crippen LogP contribution in [0.25, 0.3) is 0 Å². The van der Waals surface area contributed by atoms with E-state index < -0.39 is 0 Å². The quantitative estimate of drug-likeness (QED) is 0.483. The Morgan fingerprint density at radius 1 is 1.53 bits per heavy atom. The maximum atomic E-state index is 7.30. The van der Waals surface area contributed by atoms with Gasteiger partial charge in [-0.1, -0.05) is 25.4 Å². The summed E-state index contributed by atoms with van der Waals surface area (Å²) in [5.74, 6) is 1.73. The van der Waals surface area contributed by atoms with Crippen LogP contribution in [0.2, 0.25) is 5.02 Å². The van der Waals surface area contributed by atoms with Crippen molar-refractivity contribution in [2.24, 2.45) is 11.7 Å². The van der Waals surface area contributed by atoms with E-state index >= 15 is 0 Å². The van der Waals surface area contributed by atoms with Gasteiger partial charge in [0, 0.05) is 16.2 Å². The zero-order chi connectivity index (χ0) is 11.4. The fourth-order valence-electron chi connectivity index (χ4n) is 1.07. The molecule has 0 fully saturated rings. The van der Waals surface area contributed by atoms with Crippen molar-refractivity contribution in [3.05, 3.63) is 28.8 Å². The second-order valence-corrected chi connectivity index (χ2v) is 5.26. The molecule has 1 rings (SSSR count). The Labute approximate surface area is 99.7 Å². The molecule has 3 N–H and O–H groups in total. The largest absolute Gasteiger partial charge is 0.384 e. The molecule has 0 atom stereocenters. The van der Waals surface area contributed by atoms with Crippen LogP contribution in [0.4, 0.5) is 0 Å². The second-order valence-electron chi connectivity index (χ2n) is 3.76. The molecule has 0 saturated carbocycles. The molecule has 0 bridgehead atoms. The van der Waals surface area contributed by atoms with Crippen LogP contribution in [-0.4, -0.2) is 11.6 Å². The third-order valence-electron chi connectivity index (χ3n) is 1.81. The van der Waals surface area contributed by atoms with E-state index in [0.29, 0.717) is 16.5 Å². The number of nitrogen functional groups attached to an aromatic ring is 1. The maximum absolute atomic E-state index is 7.30. The molecule has 0 heterocycles. The topological polar surface area (TPSA) is 49.9 Å². The van der Waals surface area contributed by atoms with Crippen molar-refractivity contribution >= 4 is 29.2 Å². The minimum Gasteiger partial charge on any atom is -0.384 e. The summed E-state index contributed by atoms with van der Waals surface area (Å²) in [6.45, 7) is 4.36. The first-order chi connectivity index (χ1) is 7.00. The number of nitrogens with one attached hydrogen (secondary N) is 1. The van der Waals surface area contributed by atoms with Gasteiger partial charge in [0.05, 0.1) is 5.02 Å². The molecule has 15 heavy (non-hydrogen) atoms. The van der Waals surface area contributed by atoms with Gasteiger partial charge in [0.1, 0.15) is 5.84 Å². The molecule has 0 amide bonds. The van der Waals surface area contributed by atoms with E-state index in [1.807, 2.05) is 12.1 Å². The van der Waals surface area contributed by atoms with Crippen molar-refractivity contribution in [3.63, 3.8) is 0 Å². The van der Waals surface area contributed by atoms with Crippen LogP contribution in [0.5, 0.6) is 0 Å². The standard InChI is InChI=1S/C11H15ClN2S/c1-7(2)6-15-8-3-4-9(11(13)14)10(12)5-8/h3-5,7H,6H2,1-2H3,(H3,13,14). The minimum absolute atomic E-state index is 0.0143. The van der Waals surface area contributed by atoms with Crippen LogP contribution >= 0.6 is 23.4 Å². The lowest BCUT2D eigenvalue weighted by Gasteiger charge is -2.07. The zero-order valence-corrected chi connectivity index (χ0v) is 10.5. The van der Waals surface area contributed by atoms with E-state index in [1.165, 1.54) is 0 Å². The molecule has 0 spiro atoms. The number of benzene rings is 1. The van der Waals surface area contributed by atoms with Crippen molar-refractivity contribution in [2.75, 3.05) is 5.75 Å². The molecule has 2 nitrogen and oxygen atoms in total. The summed E-state index contributed by atoms with van der Waals surface area (Å²) in [6, 6.07) is 5.62. The van der Waals surface area contributed by atoms with Crippen molar-refractivity contribution in [2.45, 2.75) is 18.7 Å². The van der Waals surface area contributed by atoms with E-state index in [9.17, 15) is 0 Å². The fraction of sp³-hybridized carbons (Fsp3) is 0.364. The maximum Gasteiger partial charge on any atom is 0.124 e. The van der Waals surface area contributed by atoms with Crippen LogP contribution < -0.4 is 5.73 Å². The summed E-state index contributed by atoms with van der Waals surface area (Å²) in [7, 11) is 0. The Kier molecular flexibility index (Phi) is 4.48. The van der Waals surface area contributed by atoms with Gasteiger partial charge in [-0.15, -0.1) is 11.8 Å². The van der Waals surface area contributed by atoms with Gasteiger partial charge in [-0.05, 0) is 24.1 Å². The van der Waals surface area contributed by atoms with Gasteiger partial charge in [0.2, 0.25) is 0 Å². The predicted molar refractivity (Wildman–Crippen MR) is 68.0 cm³/mol. The summed E-state index contributed by atoms with van der Waals surface area (Å²) in [4.78, 5) is 1.12. The van der Waals surface area contributed by atoms with Crippen LogP contribution in [0.15, 0.2) is 23.1 Å². The lowest BCUT2D eigenvalue weighted by atomic mass is 10.2. The Hall–Kier alpha value is -0.670. The molecule has 0 aliphatic heterocycles. The summed E-state index contributed by atoms with van der Waals surface area (Å²) < 4.78 is 0. The van der Waals surface area contributed by atoms with Crippen molar-refractivity contribution in [1.82, 2.24) is 0 Å². The molecule has 0 aliphatic rings. The first-order valence-electron chi connectivity index (χ1n) is 4.77. The predicted octanol–water partition coefficient (Wildman–Crippen LogP) is 3.37. The average Bonchev–Trinajstić information content (AvgIpc) is 2.14. The first-order valence-corrected chi connectivity index (χ1v) is 6.14. The van der Waals surface area contributed by atoms with Gasteiger partial charge in [0.15, 0.2) is 0 Å². The van der Waals surface area contributed by atoms with E-state index in [-0.39, 0.29) is 5.84 Å². The van der Waals surface area contributed by atoms with Gasteiger partial charge in [-0.2, -0.15) is 0 Å². The Balaban J connectivity index is 2.78. The van der Waals surface area contributed by atoms with Crippen molar-refractivity contribution in [3.8, 4) is 0 Å². The van der Waals surface area contributed by atoms with E-state index in [4.69, 9.17) is 22.7 Å². The monoisotopic (exact) mass is 242 g/mol. The molecule has 4 heteroatoms. The van der Waals surface area contributed by atoms with Gasteiger partial charge in [0.25, 0.3) is 0 Å². The Morgan fingerprint density at radius 3 is 2.67 bits per heavy atom. The minimum atomic E-state index is 0.0143.